The number of benzene rings is 2. The number of carbonyl (C=O) groups excluding carboxylic acids is 1. The van der Waals surface area contributed by atoms with Gasteiger partial charge in [0.1, 0.15) is 11.4 Å². The van der Waals surface area contributed by atoms with Crippen molar-refractivity contribution in [2.24, 2.45) is 0 Å². The third kappa shape index (κ3) is 2.91. The van der Waals surface area contributed by atoms with Crippen LogP contribution < -0.4 is 14.8 Å². The van der Waals surface area contributed by atoms with Crippen molar-refractivity contribution in [3.63, 3.8) is 0 Å². The number of nitrogens with one attached hydrogen (secondary N) is 1. The standard InChI is InChI=1S/C19H16FNO4/c1-11-14-9-13(20)3-5-15(14)25-18(11)19(22)21-7-6-12-2-4-16-17(8-12)24-10-23-16/h2-5,8-9H,6-7,10H2,1H3,(H,21,22). The van der Waals surface area contributed by atoms with Gasteiger partial charge in [0.2, 0.25) is 6.79 Å². The Hall–Kier alpha value is -3.02. The van der Waals surface area contributed by atoms with Gasteiger partial charge in [-0.05, 0) is 49.2 Å². The monoisotopic (exact) mass is 341 g/mol. The molecule has 1 N–H and O–H groups in total. The molecule has 5 nitrogen and oxygen atoms in total. The van der Waals surface area contributed by atoms with E-state index in [1.807, 2.05) is 18.2 Å². The maximum absolute atomic E-state index is 13.4. The summed E-state index contributed by atoms with van der Waals surface area (Å²) in [6.45, 7) is 2.43. The van der Waals surface area contributed by atoms with Gasteiger partial charge in [0.25, 0.3) is 5.91 Å². The van der Waals surface area contributed by atoms with E-state index in [0.29, 0.717) is 29.5 Å². The van der Waals surface area contributed by atoms with Crippen molar-refractivity contribution in [1.29, 1.82) is 0 Å². The lowest BCUT2D eigenvalue weighted by molar-refractivity contribution is 0.0928. The maximum atomic E-state index is 13.4. The number of hydrogen-bond acceptors (Lipinski definition) is 4. The third-order valence-corrected chi connectivity index (χ3v) is 4.24. The van der Waals surface area contributed by atoms with Gasteiger partial charge in [-0.1, -0.05) is 6.07 Å². The van der Waals surface area contributed by atoms with Crippen molar-refractivity contribution in [2.75, 3.05) is 13.3 Å². The molecule has 1 aliphatic rings. The quantitative estimate of drug-likeness (QED) is 0.788. The molecule has 0 fully saturated rings. The first kappa shape index (κ1) is 15.5. The van der Waals surface area contributed by atoms with Gasteiger partial charge in [0, 0.05) is 17.5 Å². The average Bonchev–Trinajstić information content (AvgIpc) is 3.19. The molecule has 0 radical (unpaired) electrons. The largest absolute Gasteiger partial charge is 0.454 e. The molecule has 0 aliphatic carbocycles. The van der Waals surface area contributed by atoms with E-state index >= 15 is 0 Å². The minimum Gasteiger partial charge on any atom is -0.454 e. The Balaban J connectivity index is 1.43. The van der Waals surface area contributed by atoms with Crippen molar-refractivity contribution >= 4 is 16.9 Å². The van der Waals surface area contributed by atoms with Crippen LogP contribution in [0, 0.1) is 12.7 Å². The molecular weight excluding hydrogens is 325 g/mol. The molecule has 0 saturated carbocycles. The van der Waals surface area contributed by atoms with Gasteiger partial charge in [-0.2, -0.15) is 0 Å². The predicted octanol–water partition coefficient (Wildman–Crippen LogP) is 3.58. The molecule has 0 atom stereocenters. The summed E-state index contributed by atoms with van der Waals surface area (Å²) in [4.78, 5) is 12.4. The number of fused-ring (bicyclic) bond motifs is 2. The zero-order valence-electron chi connectivity index (χ0n) is 13.6. The zero-order valence-corrected chi connectivity index (χ0v) is 13.6. The van der Waals surface area contributed by atoms with Crippen LogP contribution in [0.4, 0.5) is 4.39 Å². The van der Waals surface area contributed by atoms with Gasteiger partial charge < -0.3 is 19.2 Å². The second-order valence-corrected chi connectivity index (χ2v) is 5.89. The summed E-state index contributed by atoms with van der Waals surface area (Å²) in [5.74, 6) is 1.00. The number of halogens is 1. The minimum atomic E-state index is -0.355. The van der Waals surface area contributed by atoms with Gasteiger partial charge in [0.15, 0.2) is 17.3 Å². The molecule has 0 unspecified atom stereocenters. The summed E-state index contributed by atoms with van der Waals surface area (Å²) in [5, 5.41) is 3.45. The van der Waals surface area contributed by atoms with Crippen LogP contribution in [0.2, 0.25) is 0 Å². The normalized spacial score (nSPS) is 12.6. The maximum Gasteiger partial charge on any atom is 0.287 e. The summed E-state index contributed by atoms with van der Waals surface area (Å²) in [6.07, 6.45) is 0.649. The van der Waals surface area contributed by atoms with Gasteiger partial charge in [0.05, 0.1) is 0 Å². The van der Waals surface area contributed by atoms with Gasteiger partial charge in [-0.15, -0.1) is 0 Å². The van der Waals surface area contributed by atoms with Crippen LogP contribution in [0.3, 0.4) is 0 Å². The van der Waals surface area contributed by atoms with E-state index in [-0.39, 0.29) is 24.3 Å². The van der Waals surface area contributed by atoms with Gasteiger partial charge in [-0.25, -0.2) is 4.39 Å². The van der Waals surface area contributed by atoms with Crippen LogP contribution in [-0.4, -0.2) is 19.2 Å². The zero-order chi connectivity index (χ0) is 17.4. The molecule has 0 spiro atoms. The van der Waals surface area contributed by atoms with Crippen molar-refractivity contribution in [2.45, 2.75) is 13.3 Å². The van der Waals surface area contributed by atoms with Crippen LogP contribution in [0.5, 0.6) is 11.5 Å². The molecule has 2 heterocycles. The fraction of sp³-hybridized carbons (Fsp3) is 0.211. The number of amides is 1. The number of aryl methyl sites for hydroxylation is 1. The van der Waals surface area contributed by atoms with Crippen LogP contribution in [0.1, 0.15) is 21.7 Å². The van der Waals surface area contributed by atoms with Gasteiger partial charge >= 0.3 is 0 Å². The van der Waals surface area contributed by atoms with Crippen molar-refractivity contribution in [1.82, 2.24) is 5.32 Å². The highest BCUT2D eigenvalue weighted by atomic mass is 19.1. The van der Waals surface area contributed by atoms with E-state index in [0.717, 1.165) is 17.1 Å². The Morgan fingerprint density at radius 2 is 2.00 bits per heavy atom. The minimum absolute atomic E-state index is 0.214. The molecule has 1 aromatic heterocycles. The Labute approximate surface area is 143 Å². The number of hydrogen-bond donors (Lipinski definition) is 1. The first-order chi connectivity index (χ1) is 12.1. The molecule has 1 amide bonds. The second-order valence-electron chi connectivity index (χ2n) is 5.89. The van der Waals surface area contributed by atoms with E-state index in [1.165, 1.54) is 18.2 Å². The highest BCUT2D eigenvalue weighted by Crippen LogP contribution is 2.32. The molecule has 6 heteroatoms. The number of furan rings is 1. The molecule has 0 saturated heterocycles. The molecule has 2 aromatic carbocycles. The summed E-state index contributed by atoms with van der Waals surface area (Å²) in [5.41, 5.74) is 2.17. The lowest BCUT2D eigenvalue weighted by Crippen LogP contribution is -2.25. The van der Waals surface area contributed by atoms with Crippen LogP contribution in [-0.2, 0) is 6.42 Å². The molecular formula is C19H16FNO4. The highest BCUT2D eigenvalue weighted by Gasteiger charge is 2.18. The first-order valence-electron chi connectivity index (χ1n) is 7.97. The fourth-order valence-corrected chi connectivity index (χ4v) is 2.91. The fourth-order valence-electron chi connectivity index (χ4n) is 2.91. The first-order valence-corrected chi connectivity index (χ1v) is 7.97. The number of rotatable bonds is 4. The second kappa shape index (κ2) is 6.12. The average molecular weight is 341 g/mol. The van der Waals surface area contributed by atoms with Crippen LogP contribution in [0.15, 0.2) is 40.8 Å². The highest BCUT2D eigenvalue weighted by molar-refractivity contribution is 5.98. The topological polar surface area (TPSA) is 60.7 Å². The van der Waals surface area contributed by atoms with E-state index in [1.54, 1.807) is 6.92 Å². The SMILES string of the molecule is Cc1c(C(=O)NCCc2ccc3c(c2)OCO3)oc2ccc(F)cc12. The summed E-state index contributed by atoms with van der Waals surface area (Å²) in [7, 11) is 0. The van der Waals surface area contributed by atoms with Gasteiger partial charge in [-0.3, -0.25) is 4.79 Å². The lowest BCUT2D eigenvalue weighted by Gasteiger charge is -2.05. The smallest absolute Gasteiger partial charge is 0.287 e. The van der Waals surface area contributed by atoms with E-state index < -0.39 is 0 Å². The van der Waals surface area contributed by atoms with Crippen molar-refractivity contribution in [3.05, 3.63) is 59.1 Å². The molecule has 0 bridgehead atoms. The summed E-state index contributed by atoms with van der Waals surface area (Å²) in [6, 6.07) is 9.92. The molecule has 3 aromatic rings. The van der Waals surface area contributed by atoms with Crippen molar-refractivity contribution in [3.8, 4) is 11.5 Å². The lowest BCUT2D eigenvalue weighted by atomic mass is 10.1. The summed E-state index contributed by atoms with van der Waals surface area (Å²) >= 11 is 0. The Morgan fingerprint density at radius 3 is 2.88 bits per heavy atom. The number of carbonyl (C=O) groups is 1. The molecule has 25 heavy (non-hydrogen) atoms. The Kier molecular flexibility index (Phi) is 3.80. The van der Waals surface area contributed by atoms with E-state index in [4.69, 9.17) is 13.9 Å². The van der Waals surface area contributed by atoms with E-state index in [9.17, 15) is 9.18 Å². The Bertz CT molecular complexity index is 963. The molecule has 128 valence electrons. The van der Waals surface area contributed by atoms with Crippen LogP contribution >= 0.6 is 0 Å². The Morgan fingerprint density at radius 1 is 1.16 bits per heavy atom. The summed E-state index contributed by atoms with van der Waals surface area (Å²) < 4.78 is 29.5. The number of ether oxygens (including phenoxy) is 2. The molecule has 4 rings (SSSR count). The molecule has 1 aliphatic heterocycles. The third-order valence-electron chi connectivity index (χ3n) is 4.24. The van der Waals surface area contributed by atoms with E-state index in [2.05, 4.69) is 5.32 Å². The van der Waals surface area contributed by atoms with Crippen molar-refractivity contribution < 1.29 is 23.1 Å². The van der Waals surface area contributed by atoms with Crippen LogP contribution in [0.25, 0.3) is 11.0 Å². The predicted molar refractivity (Wildman–Crippen MR) is 89.5 cm³/mol.